The zero-order valence-corrected chi connectivity index (χ0v) is 22.3. The van der Waals surface area contributed by atoms with Crippen molar-refractivity contribution in [2.45, 2.75) is 10.3 Å². The molecule has 5 nitrogen and oxygen atoms in total. The van der Waals surface area contributed by atoms with Gasteiger partial charge in [0.1, 0.15) is 22.3 Å². The van der Waals surface area contributed by atoms with Crippen molar-refractivity contribution in [1.29, 1.82) is 0 Å². The average Bonchev–Trinajstić information content (AvgIpc) is 3.34. The molecule has 1 amide bonds. The van der Waals surface area contributed by atoms with Gasteiger partial charge in [0.15, 0.2) is 0 Å². The summed E-state index contributed by atoms with van der Waals surface area (Å²) in [5.41, 5.74) is 1.96. The van der Waals surface area contributed by atoms with Gasteiger partial charge in [-0.25, -0.2) is 14.2 Å². The second-order valence-electron chi connectivity index (χ2n) is 8.33. The van der Waals surface area contributed by atoms with E-state index in [-0.39, 0.29) is 22.7 Å². The Labute approximate surface area is 235 Å². The van der Waals surface area contributed by atoms with Crippen LogP contribution >= 0.6 is 58.0 Å². The predicted octanol–water partition coefficient (Wildman–Crippen LogP) is 7.26. The van der Waals surface area contributed by atoms with Crippen LogP contribution in [0.1, 0.15) is 27.4 Å². The van der Waals surface area contributed by atoms with Crippen molar-refractivity contribution in [2.24, 2.45) is 10.5 Å². The van der Waals surface area contributed by atoms with Gasteiger partial charge < -0.3 is 10.1 Å². The van der Waals surface area contributed by atoms with Crippen LogP contribution < -0.4 is 10.7 Å². The Morgan fingerprint density at radius 2 is 1.70 bits per heavy atom. The Hall–Kier alpha value is -2.42. The first-order valence-electron chi connectivity index (χ1n) is 10.6. The molecule has 0 bridgehead atoms. The second kappa shape index (κ2) is 10.8. The maximum atomic E-state index is 13.7. The van der Waals surface area contributed by atoms with Gasteiger partial charge in [0, 0.05) is 33.8 Å². The third kappa shape index (κ3) is 5.56. The van der Waals surface area contributed by atoms with Gasteiger partial charge in [-0.15, -0.1) is 0 Å². The molecule has 0 aromatic heterocycles. The van der Waals surface area contributed by atoms with E-state index in [1.54, 1.807) is 24.3 Å². The van der Waals surface area contributed by atoms with Gasteiger partial charge in [-0.3, -0.25) is 4.79 Å². The summed E-state index contributed by atoms with van der Waals surface area (Å²) >= 11 is 31.4. The largest absolute Gasteiger partial charge is 0.384 e. The molecule has 0 aliphatic heterocycles. The third-order valence-electron chi connectivity index (χ3n) is 5.97. The SMILES string of the molecule is O=CC1(CNc2ccc(Cl)c(C(=O)N/N=C/c3cc(F)ccc3F)c2)C(c2cc(Cl)cc(Cl)c2)C1(Cl)Cl. The number of carbonyl (C=O) groups excluding carboxylic acids is 2. The van der Waals surface area contributed by atoms with E-state index in [0.29, 0.717) is 27.6 Å². The minimum atomic E-state index is -1.43. The highest BCUT2D eigenvalue weighted by Crippen LogP contribution is 2.73. The summed E-state index contributed by atoms with van der Waals surface area (Å²) < 4.78 is 25.6. The fraction of sp³-hybridized carbons (Fsp3) is 0.160. The first-order chi connectivity index (χ1) is 17.5. The summed E-state index contributed by atoms with van der Waals surface area (Å²) in [7, 11) is 0. The van der Waals surface area contributed by atoms with Crippen LogP contribution in [-0.4, -0.2) is 29.3 Å². The molecule has 0 heterocycles. The van der Waals surface area contributed by atoms with E-state index >= 15 is 0 Å². The number of aldehydes is 1. The number of carbonyl (C=O) groups is 2. The minimum absolute atomic E-state index is 0.0258. The van der Waals surface area contributed by atoms with Gasteiger partial charge in [0.25, 0.3) is 5.91 Å². The average molecular weight is 606 g/mol. The number of hydrogen-bond donors (Lipinski definition) is 2. The zero-order chi connectivity index (χ0) is 27.0. The molecule has 3 aromatic carbocycles. The highest BCUT2D eigenvalue weighted by atomic mass is 35.5. The Morgan fingerprint density at radius 3 is 2.38 bits per heavy atom. The summed E-state index contributed by atoms with van der Waals surface area (Å²) in [6.45, 7) is 0.0258. The fourth-order valence-electron chi connectivity index (χ4n) is 4.02. The van der Waals surface area contributed by atoms with Gasteiger partial charge in [-0.05, 0) is 60.2 Å². The summed E-state index contributed by atoms with van der Waals surface area (Å²) in [6, 6.07) is 12.2. The third-order valence-corrected chi connectivity index (χ3v) is 7.87. The number of anilines is 1. The molecule has 4 rings (SSSR count). The molecule has 0 spiro atoms. The Balaban J connectivity index is 1.48. The van der Waals surface area contributed by atoms with Crippen LogP contribution in [0.15, 0.2) is 59.7 Å². The molecular weight excluding hydrogens is 590 g/mol. The summed E-state index contributed by atoms with van der Waals surface area (Å²) in [4.78, 5) is 24.8. The molecule has 1 saturated carbocycles. The van der Waals surface area contributed by atoms with E-state index in [2.05, 4.69) is 15.8 Å². The molecule has 2 atom stereocenters. The number of hydrazone groups is 1. The smallest absolute Gasteiger partial charge is 0.272 e. The highest BCUT2D eigenvalue weighted by molar-refractivity contribution is 6.54. The molecule has 37 heavy (non-hydrogen) atoms. The number of alkyl halides is 2. The lowest BCUT2D eigenvalue weighted by Crippen LogP contribution is -2.23. The molecular formula is C25H16Cl5F2N3O2. The predicted molar refractivity (Wildman–Crippen MR) is 143 cm³/mol. The van der Waals surface area contributed by atoms with Gasteiger partial charge in [-0.1, -0.05) is 58.0 Å². The monoisotopic (exact) mass is 603 g/mol. The van der Waals surface area contributed by atoms with Crippen molar-refractivity contribution in [1.82, 2.24) is 5.43 Å². The quantitative estimate of drug-likeness (QED) is 0.123. The van der Waals surface area contributed by atoms with Gasteiger partial charge in [0.2, 0.25) is 0 Å². The maximum absolute atomic E-state index is 13.7. The number of benzene rings is 3. The standard InChI is InChI=1S/C25H16Cl5F2N3O2/c26-15-5-13(6-16(27)8-15)22-24(12-36,25(22,29)30)11-33-18-2-3-20(28)19(9-18)23(37)35-34-10-14-7-17(31)1-4-21(14)32/h1-10,12,22,33H,11H2,(H,35,37)/b34-10+. The topological polar surface area (TPSA) is 70.6 Å². The van der Waals surface area contributed by atoms with Crippen molar-refractivity contribution < 1.29 is 18.4 Å². The Morgan fingerprint density at radius 1 is 1.00 bits per heavy atom. The molecule has 2 unspecified atom stereocenters. The van der Waals surface area contributed by atoms with Crippen molar-refractivity contribution in [3.63, 3.8) is 0 Å². The number of hydrogen-bond acceptors (Lipinski definition) is 4. The number of amides is 1. The van der Waals surface area contributed by atoms with E-state index in [1.165, 1.54) is 12.1 Å². The molecule has 1 aliphatic carbocycles. The van der Waals surface area contributed by atoms with Crippen molar-refractivity contribution in [3.8, 4) is 0 Å². The maximum Gasteiger partial charge on any atom is 0.272 e. The molecule has 3 aromatic rings. The van der Waals surface area contributed by atoms with E-state index in [9.17, 15) is 18.4 Å². The van der Waals surface area contributed by atoms with Crippen LogP contribution in [0.4, 0.5) is 14.5 Å². The molecule has 0 saturated heterocycles. The second-order valence-corrected chi connectivity index (χ2v) is 11.0. The summed E-state index contributed by atoms with van der Waals surface area (Å²) in [6.07, 6.45) is 1.65. The molecule has 1 fully saturated rings. The van der Waals surface area contributed by atoms with Crippen LogP contribution in [0.3, 0.4) is 0 Å². The molecule has 2 N–H and O–H groups in total. The van der Waals surface area contributed by atoms with Crippen LogP contribution in [0.25, 0.3) is 0 Å². The lowest BCUT2D eigenvalue weighted by atomic mass is 10.00. The normalized spacial score (nSPS) is 20.0. The molecule has 192 valence electrons. The van der Waals surface area contributed by atoms with Gasteiger partial charge in [0.05, 0.1) is 22.2 Å². The first-order valence-corrected chi connectivity index (χ1v) is 12.5. The number of rotatable bonds is 8. The zero-order valence-electron chi connectivity index (χ0n) is 18.5. The van der Waals surface area contributed by atoms with Crippen LogP contribution in [-0.2, 0) is 4.79 Å². The molecule has 1 aliphatic rings. The first kappa shape index (κ1) is 27.6. The Kier molecular flexibility index (Phi) is 8.02. The lowest BCUT2D eigenvalue weighted by molar-refractivity contribution is -0.112. The summed E-state index contributed by atoms with van der Waals surface area (Å²) in [5.74, 6) is -2.65. The van der Waals surface area contributed by atoms with Crippen molar-refractivity contribution in [2.75, 3.05) is 11.9 Å². The fourth-order valence-corrected chi connectivity index (χ4v) is 5.74. The summed E-state index contributed by atoms with van der Waals surface area (Å²) in [5, 5.41) is 7.60. The minimum Gasteiger partial charge on any atom is -0.384 e. The van der Waals surface area contributed by atoms with Gasteiger partial charge >= 0.3 is 0 Å². The van der Waals surface area contributed by atoms with Crippen molar-refractivity contribution in [3.05, 3.63) is 98.0 Å². The van der Waals surface area contributed by atoms with E-state index < -0.39 is 33.2 Å². The van der Waals surface area contributed by atoms with E-state index in [0.717, 1.165) is 24.4 Å². The van der Waals surface area contributed by atoms with Crippen molar-refractivity contribution >= 4 is 82.1 Å². The number of halogens is 7. The van der Waals surface area contributed by atoms with Crippen LogP contribution in [0.2, 0.25) is 15.1 Å². The molecule has 12 heteroatoms. The molecule has 0 radical (unpaired) electrons. The Bertz CT molecular complexity index is 1400. The van der Waals surface area contributed by atoms with Crippen LogP contribution in [0, 0.1) is 17.0 Å². The number of nitrogens with one attached hydrogen (secondary N) is 2. The van der Waals surface area contributed by atoms with Gasteiger partial charge in [-0.2, -0.15) is 5.10 Å². The number of nitrogens with zero attached hydrogens (tertiary/aromatic N) is 1. The lowest BCUT2D eigenvalue weighted by Gasteiger charge is -2.15. The van der Waals surface area contributed by atoms with E-state index in [1.807, 2.05) is 0 Å². The highest BCUT2D eigenvalue weighted by Gasteiger charge is 2.76. The van der Waals surface area contributed by atoms with E-state index in [4.69, 9.17) is 58.0 Å². The van der Waals surface area contributed by atoms with Crippen LogP contribution in [0.5, 0.6) is 0 Å².